The zero-order valence-electron chi connectivity index (χ0n) is 16.1. The zero-order valence-corrected chi connectivity index (χ0v) is 19.3. The number of halogens is 2. The number of esters is 1. The molecule has 1 saturated heterocycles. The summed E-state index contributed by atoms with van der Waals surface area (Å²) in [5, 5.41) is 0. The van der Waals surface area contributed by atoms with Crippen LogP contribution in [0.25, 0.3) is 5.76 Å². The van der Waals surface area contributed by atoms with Gasteiger partial charge in [0.25, 0.3) is 0 Å². The van der Waals surface area contributed by atoms with Crippen LogP contribution >= 0.6 is 31.9 Å². The third kappa shape index (κ3) is 6.49. The van der Waals surface area contributed by atoms with Crippen LogP contribution < -0.4 is 0 Å². The van der Waals surface area contributed by atoms with Gasteiger partial charge in [0.05, 0.1) is 0 Å². The molecule has 3 rings (SSSR count). The third-order valence-electron chi connectivity index (χ3n) is 4.38. The zero-order chi connectivity index (χ0) is 20.6. The van der Waals surface area contributed by atoms with Crippen LogP contribution in [0.4, 0.5) is 0 Å². The topological polar surface area (TPSA) is 38.5 Å². The summed E-state index contributed by atoms with van der Waals surface area (Å²) in [5.41, 5.74) is 3.07. The molecule has 29 heavy (non-hydrogen) atoms. The molecule has 4 nitrogen and oxygen atoms in total. The molecule has 2 aromatic carbocycles. The van der Waals surface area contributed by atoms with Gasteiger partial charge in [-0.15, -0.1) is 0 Å². The minimum Gasteiger partial charge on any atom is -0.426 e. The Labute approximate surface area is 187 Å². The van der Waals surface area contributed by atoms with Gasteiger partial charge in [-0.05, 0) is 42.5 Å². The number of benzene rings is 2. The molecule has 0 spiro atoms. The first-order chi connectivity index (χ1) is 14.0. The van der Waals surface area contributed by atoms with E-state index in [1.54, 1.807) is 0 Å². The van der Waals surface area contributed by atoms with Gasteiger partial charge in [-0.25, -0.2) is 4.58 Å². The first kappa shape index (κ1) is 21.7. The van der Waals surface area contributed by atoms with Crippen molar-refractivity contribution in [3.8, 4) is 0 Å². The van der Waals surface area contributed by atoms with Crippen LogP contribution in [0.15, 0.2) is 75.7 Å². The van der Waals surface area contributed by atoms with Crippen LogP contribution in [0.1, 0.15) is 18.1 Å². The van der Waals surface area contributed by atoms with E-state index in [0.717, 1.165) is 38.9 Å². The van der Waals surface area contributed by atoms with E-state index in [2.05, 4.69) is 54.6 Å². The number of hydrogen-bond donors (Lipinski definition) is 0. The Morgan fingerprint density at radius 3 is 2.07 bits per heavy atom. The molecular formula is C23H22Br2NO3+. The normalized spacial score (nSPS) is 14.9. The molecule has 0 bridgehead atoms. The molecule has 0 amide bonds. The minimum atomic E-state index is -0.349. The maximum absolute atomic E-state index is 11.6. The average Bonchev–Trinajstić information content (AvgIpc) is 2.72. The molecule has 0 atom stereocenters. The molecule has 0 aliphatic carbocycles. The summed E-state index contributed by atoms with van der Waals surface area (Å²) in [4.78, 5) is 11.6. The summed E-state index contributed by atoms with van der Waals surface area (Å²) in [6.45, 7) is 4.50. The van der Waals surface area contributed by atoms with E-state index in [9.17, 15) is 4.79 Å². The largest absolute Gasteiger partial charge is 0.426 e. The van der Waals surface area contributed by atoms with Crippen LogP contribution in [0.2, 0.25) is 0 Å². The quantitative estimate of drug-likeness (QED) is 0.236. The fraction of sp³-hybridized carbons (Fsp3) is 0.217. The van der Waals surface area contributed by atoms with Crippen molar-refractivity contribution in [1.82, 2.24) is 0 Å². The van der Waals surface area contributed by atoms with E-state index in [1.807, 2.05) is 48.6 Å². The Balaban J connectivity index is 1.94. The fourth-order valence-electron chi connectivity index (χ4n) is 2.99. The monoisotopic (exact) mass is 518 g/mol. The maximum atomic E-state index is 11.6. The molecule has 1 heterocycles. The molecule has 0 aromatic heterocycles. The number of nitrogens with zero attached hydrogens (tertiary/aromatic N) is 1. The lowest BCUT2D eigenvalue weighted by atomic mass is 10.1. The molecule has 1 aliphatic rings. The van der Waals surface area contributed by atoms with Crippen LogP contribution in [-0.2, 0) is 14.3 Å². The Kier molecular flexibility index (Phi) is 7.98. The highest BCUT2D eigenvalue weighted by Crippen LogP contribution is 2.20. The molecule has 6 heteroatoms. The van der Waals surface area contributed by atoms with E-state index < -0.39 is 0 Å². The molecule has 0 radical (unpaired) electrons. The number of ether oxygens (including phenoxy) is 2. The van der Waals surface area contributed by atoms with Gasteiger partial charge in [0, 0.05) is 33.1 Å². The van der Waals surface area contributed by atoms with E-state index in [-0.39, 0.29) is 5.97 Å². The van der Waals surface area contributed by atoms with Crippen molar-refractivity contribution in [2.45, 2.75) is 6.92 Å². The van der Waals surface area contributed by atoms with Gasteiger partial charge in [-0.1, -0.05) is 50.1 Å². The van der Waals surface area contributed by atoms with Gasteiger partial charge in [0.1, 0.15) is 19.0 Å². The maximum Gasteiger partial charge on any atom is 0.308 e. The lowest BCUT2D eigenvalue weighted by Crippen LogP contribution is -2.33. The van der Waals surface area contributed by atoms with Gasteiger partial charge in [-0.3, -0.25) is 4.79 Å². The summed E-state index contributed by atoms with van der Waals surface area (Å²) >= 11 is 6.92. The highest BCUT2D eigenvalue weighted by molar-refractivity contribution is 9.10. The number of hydrogen-bond acceptors (Lipinski definition) is 3. The van der Waals surface area contributed by atoms with Crippen LogP contribution in [-0.4, -0.2) is 42.6 Å². The van der Waals surface area contributed by atoms with Crippen molar-refractivity contribution in [2.75, 3.05) is 26.3 Å². The predicted octanol–water partition coefficient (Wildman–Crippen LogP) is 5.20. The van der Waals surface area contributed by atoms with Gasteiger partial charge in [-0.2, -0.15) is 0 Å². The van der Waals surface area contributed by atoms with E-state index in [1.165, 1.54) is 6.92 Å². The first-order valence-corrected chi connectivity index (χ1v) is 10.9. The van der Waals surface area contributed by atoms with Crippen molar-refractivity contribution in [1.29, 1.82) is 0 Å². The smallest absolute Gasteiger partial charge is 0.308 e. The Bertz CT molecular complexity index is 937. The molecule has 0 N–H and O–H groups in total. The van der Waals surface area contributed by atoms with Crippen molar-refractivity contribution in [3.63, 3.8) is 0 Å². The van der Waals surface area contributed by atoms with Gasteiger partial charge >= 0.3 is 5.97 Å². The van der Waals surface area contributed by atoms with Crippen molar-refractivity contribution < 1.29 is 18.8 Å². The van der Waals surface area contributed by atoms with Crippen LogP contribution in [0, 0.1) is 0 Å². The van der Waals surface area contributed by atoms with Crippen molar-refractivity contribution in [3.05, 3.63) is 86.8 Å². The Morgan fingerprint density at radius 1 is 0.966 bits per heavy atom. The van der Waals surface area contributed by atoms with Crippen LogP contribution in [0.5, 0.6) is 0 Å². The first-order valence-electron chi connectivity index (χ1n) is 9.31. The Morgan fingerprint density at radius 2 is 1.52 bits per heavy atom. The van der Waals surface area contributed by atoms with Gasteiger partial charge < -0.3 is 9.47 Å². The summed E-state index contributed by atoms with van der Waals surface area (Å²) in [6.07, 6.45) is 5.80. The fourth-order valence-corrected chi connectivity index (χ4v) is 3.52. The standard InChI is InChI=1S/C23H22Br2NO3/c1-17(27)29-23(19-7-11-21(25)12-8-19)4-2-3-22(26-13-15-28-16-14-26)18-5-9-20(24)10-6-18/h2-12H,13-16H2,1H3/q+1/b3-2+,23-4+. The molecule has 0 saturated carbocycles. The average molecular weight is 520 g/mol. The summed E-state index contributed by atoms with van der Waals surface area (Å²) in [6, 6.07) is 15.9. The second kappa shape index (κ2) is 10.7. The highest BCUT2D eigenvalue weighted by atomic mass is 79.9. The lowest BCUT2D eigenvalue weighted by Gasteiger charge is -2.14. The second-order valence-electron chi connectivity index (χ2n) is 6.48. The van der Waals surface area contributed by atoms with Crippen molar-refractivity contribution >= 4 is 49.3 Å². The highest BCUT2D eigenvalue weighted by Gasteiger charge is 2.18. The molecule has 0 unspecified atom stereocenters. The van der Waals surface area contributed by atoms with E-state index >= 15 is 0 Å². The predicted molar refractivity (Wildman–Crippen MR) is 122 cm³/mol. The third-order valence-corrected chi connectivity index (χ3v) is 5.43. The molecule has 150 valence electrons. The molecule has 2 aromatic rings. The molecule has 1 aliphatic heterocycles. The summed E-state index contributed by atoms with van der Waals surface area (Å²) < 4.78 is 15.2. The number of carbonyl (C=O) groups is 1. The molecule has 1 fully saturated rings. The van der Waals surface area contributed by atoms with E-state index in [0.29, 0.717) is 19.0 Å². The lowest BCUT2D eigenvalue weighted by molar-refractivity contribution is -0.548. The minimum absolute atomic E-state index is 0.349. The number of morpholine rings is 1. The molecular weight excluding hydrogens is 498 g/mol. The number of carbonyl (C=O) groups excluding carboxylic acids is 1. The summed E-state index contributed by atoms with van der Waals surface area (Å²) in [5.74, 6) is 0.163. The second-order valence-corrected chi connectivity index (χ2v) is 8.31. The van der Waals surface area contributed by atoms with E-state index in [4.69, 9.17) is 9.47 Å². The number of rotatable bonds is 5. The van der Waals surface area contributed by atoms with Gasteiger partial charge in [0.15, 0.2) is 13.1 Å². The Hall–Kier alpha value is -2.02. The van der Waals surface area contributed by atoms with Gasteiger partial charge in [0.2, 0.25) is 5.71 Å². The van der Waals surface area contributed by atoms with Crippen molar-refractivity contribution in [2.24, 2.45) is 0 Å². The summed E-state index contributed by atoms with van der Waals surface area (Å²) in [7, 11) is 0. The SMILES string of the molecule is CC(=O)O/C(=C/C=C/C(c1ccc(Br)cc1)=[N+]1CCOCC1)c1ccc(Br)cc1. The van der Waals surface area contributed by atoms with Crippen LogP contribution in [0.3, 0.4) is 0 Å². The number of allylic oxidation sites excluding steroid dienone is 3.